The maximum absolute atomic E-state index is 13.3. The maximum atomic E-state index is 13.3. The van der Waals surface area contributed by atoms with E-state index in [4.69, 9.17) is 25.0 Å². The molecule has 0 spiro atoms. The molecular weight excluding hydrogens is 793 g/mol. The lowest BCUT2D eigenvalue weighted by atomic mass is 10.0. The van der Waals surface area contributed by atoms with Crippen LogP contribution in [0.5, 0.6) is 11.5 Å². The van der Waals surface area contributed by atoms with Crippen molar-refractivity contribution in [2.75, 3.05) is 89.4 Å². The molecule has 6 heterocycles. The Kier molecular flexibility index (Phi) is 12.2. The monoisotopic (exact) mass is 842 g/mol. The lowest BCUT2D eigenvalue weighted by Crippen LogP contribution is -2.54. The molecule has 17 heteroatoms. The number of nitrogens with two attached hydrogens (primary N) is 1. The highest BCUT2D eigenvalue weighted by atomic mass is 16.5. The summed E-state index contributed by atoms with van der Waals surface area (Å²) < 4.78 is 19.9. The molecule has 1 atom stereocenters. The Morgan fingerprint density at radius 2 is 1.39 bits per heavy atom. The van der Waals surface area contributed by atoms with E-state index in [1.165, 1.54) is 6.33 Å². The van der Waals surface area contributed by atoms with E-state index < -0.39 is 29.7 Å². The molecule has 3 aromatic carbocycles. The molecule has 4 amide bonds. The number of fused-ring (bicyclic) bond motifs is 2. The molecule has 3 saturated heterocycles. The van der Waals surface area contributed by atoms with Gasteiger partial charge in [-0.05, 0) is 73.9 Å². The number of nitrogens with one attached hydrogen (secondary N) is 1. The van der Waals surface area contributed by atoms with Crippen molar-refractivity contribution in [1.29, 1.82) is 0 Å². The number of aromatic nitrogens is 4. The van der Waals surface area contributed by atoms with Crippen LogP contribution in [0.25, 0.3) is 22.3 Å². The van der Waals surface area contributed by atoms with Crippen molar-refractivity contribution in [3.05, 3.63) is 90.3 Å². The molecule has 322 valence electrons. The summed E-state index contributed by atoms with van der Waals surface area (Å²) in [5.41, 5.74) is 10.3. The number of nitrogen functional groups attached to an aromatic ring is 1. The molecule has 4 aliphatic rings. The molecule has 4 aliphatic heterocycles. The molecule has 2 aromatic heterocycles. The Labute approximate surface area is 358 Å². The van der Waals surface area contributed by atoms with Gasteiger partial charge < -0.3 is 29.7 Å². The second-order valence-corrected chi connectivity index (χ2v) is 16.0. The zero-order valence-corrected chi connectivity index (χ0v) is 34.5. The molecule has 3 N–H and O–H groups in total. The first-order chi connectivity index (χ1) is 30.3. The molecule has 17 nitrogen and oxygen atoms in total. The summed E-state index contributed by atoms with van der Waals surface area (Å²) in [6, 6.07) is 22.0. The predicted octanol–water partition coefficient (Wildman–Crippen LogP) is 3.76. The minimum atomic E-state index is -0.974. The molecule has 62 heavy (non-hydrogen) atoms. The minimum Gasteiger partial charge on any atom is -0.457 e. The van der Waals surface area contributed by atoms with Crippen LogP contribution in [0.2, 0.25) is 0 Å². The lowest BCUT2D eigenvalue weighted by molar-refractivity contribution is -0.136. The van der Waals surface area contributed by atoms with Crippen molar-refractivity contribution in [1.82, 2.24) is 39.8 Å². The highest BCUT2D eigenvalue weighted by molar-refractivity contribution is 6.23. The van der Waals surface area contributed by atoms with Gasteiger partial charge in [0, 0.05) is 70.0 Å². The molecule has 0 radical (unpaired) electrons. The van der Waals surface area contributed by atoms with E-state index >= 15 is 0 Å². The summed E-state index contributed by atoms with van der Waals surface area (Å²) >= 11 is 0. The normalized spacial score (nSPS) is 19.1. The van der Waals surface area contributed by atoms with Crippen LogP contribution >= 0.6 is 0 Å². The number of para-hydroxylation sites is 1. The SMILES string of the molecule is Nc1ncnc2c1c(-c1ccc(Oc3ccccc3)cc1)nn2C1CCN(CCOCCOCCN2CCN(c3ccc4c(c3)C(=O)N(C3CCC(=O)NC3=O)C4=O)CC2)CC1. The van der Waals surface area contributed by atoms with Crippen LogP contribution in [0, 0.1) is 0 Å². The number of carbonyl (C=O) groups is 4. The van der Waals surface area contributed by atoms with Gasteiger partial charge in [0.2, 0.25) is 11.8 Å². The van der Waals surface area contributed by atoms with Gasteiger partial charge in [0.15, 0.2) is 5.65 Å². The number of ether oxygens (including phenoxy) is 3. The van der Waals surface area contributed by atoms with Crippen LogP contribution in [-0.2, 0) is 19.1 Å². The first-order valence-corrected chi connectivity index (χ1v) is 21.3. The fourth-order valence-corrected chi connectivity index (χ4v) is 8.74. The average molecular weight is 843 g/mol. The van der Waals surface area contributed by atoms with Crippen LogP contribution in [0.1, 0.15) is 52.4 Å². The number of hydrogen-bond acceptors (Lipinski definition) is 14. The van der Waals surface area contributed by atoms with E-state index in [0.717, 1.165) is 110 Å². The number of piperidine rings is 2. The largest absolute Gasteiger partial charge is 0.457 e. The lowest BCUT2D eigenvalue weighted by Gasteiger charge is -2.36. The number of nitrogens with zero attached hydrogens (tertiary/aromatic N) is 8. The van der Waals surface area contributed by atoms with Crippen LogP contribution in [0.3, 0.4) is 0 Å². The number of rotatable bonds is 15. The summed E-state index contributed by atoms with van der Waals surface area (Å²) in [5.74, 6) is -0.0671. The van der Waals surface area contributed by atoms with E-state index in [1.807, 2.05) is 65.3 Å². The molecule has 3 fully saturated rings. The second kappa shape index (κ2) is 18.4. The zero-order valence-electron chi connectivity index (χ0n) is 34.5. The van der Waals surface area contributed by atoms with Crippen molar-refractivity contribution in [3.8, 4) is 22.8 Å². The summed E-state index contributed by atoms with van der Waals surface area (Å²) in [4.78, 5) is 67.2. The van der Waals surface area contributed by atoms with Crippen LogP contribution < -0.4 is 20.7 Å². The molecule has 1 unspecified atom stereocenters. The number of hydrogen-bond donors (Lipinski definition) is 2. The van der Waals surface area contributed by atoms with E-state index in [1.54, 1.807) is 12.1 Å². The summed E-state index contributed by atoms with van der Waals surface area (Å²) in [5, 5.41) is 8.07. The summed E-state index contributed by atoms with van der Waals surface area (Å²) in [6.07, 6.45) is 3.59. The average Bonchev–Trinajstić information content (AvgIpc) is 3.80. The Hall–Kier alpha value is -6.27. The van der Waals surface area contributed by atoms with Gasteiger partial charge in [0.05, 0.1) is 49.0 Å². The van der Waals surface area contributed by atoms with Crippen LogP contribution in [0.4, 0.5) is 11.5 Å². The predicted molar refractivity (Wildman–Crippen MR) is 230 cm³/mol. The van der Waals surface area contributed by atoms with Crippen molar-refractivity contribution >= 4 is 46.2 Å². The Morgan fingerprint density at radius 3 is 2.10 bits per heavy atom. The summed E-state index contributed by atoms with van der Waals surface area (Å²) in [7, 11) is 0. The van der Waals surface area contributed by atoms with Gasteiger partial charge in [-0.2, -0.15) is 5.10 Å². The number of amides is 4. The molecule has 0 aliphatic carbocycles. The highest BCUT2D eigenvalue weighted by Crippen LogP contribution is 2.36. The fraction of sp³-hybridized carbons (Fsp3) is 0.400. The van der Waals surface area contributed by atoms with Crippen LogP contribution in [-0.4, -0.2) is 143 Å². The molecule has 0 saturated carbocycles. The third kappa shape index (κ3) is 8.74. The van der Waals surface area contributed by atoms with E-state index in [-0.39, 0.29) is 24.4 Å². The highest BCUT2D eigenvalue weighted by Gasteiger charge is 2.45. The van der Waals surface area contributed by atoms with Crippen molar-refractivity contribution < 1.29 is 33.4 Å². The van der Waals surface area contributed by atoms with Gasteiger partial charge in [0.25, 0.3) is 11.8 Å². The van der Waals surface area contributed by atoms with Gasteiger partial charge in [-0.15, -0.1) is 0 Å². The van der Waals surface area contributed by atoms with Crippen molar-refractivity contribution in [2.45, 2.75) is 37.8 Å². The topological polar surface area (TPSA) is 191 Å². The minimum absolute atomic E-state index is 0.0902. The molecule has 9 rings (SSSR count). The number of anilines is 2. The number of carbonyl (C=O) groups excluding carboxylic acids is 4. The zero-order chi connectivity index (χ0) is 42.6. The first kappa shape index (κ1) is 41.1. The Bertz CT molecular complexity index is 2430. The van der Waals surface area contributed by atoms with E-state index in [0.29, 0.717) is 37.8 Å². The standard InChI is InChI=1S/C45H50N10O7/c46-41-39-40(30-6-9-34(10-7-30)62-33-4-2-1-3-5-33)50-55(42(39)48-29-47-41)31-14-16-51(17-15-31)22-24-60-26-27-61-25-23-52-18-20-53(21-19-52)32-8-11-35-36(28-32)45(59)54(44(35)58)37-12-13-38(56)49-43(37)57/h1-11,28-29,31,37H,12-27H2,(H2,46,47,48)(H,49,56,57). The molecular formula is C45H50N10O7. The quantitative estimate of drug-likeness (QED) is 0.114. The summed E-state index contributed by atoms with van der Waals surface area (Å²) in [6.45, 7) is 9.01. The number of benzene rings is 3. The molecule has 5 aromatic rings. The van der Waals surface area contributed by atoms with Gasteiger partial charge >= 0.3 is 0 Å². The second-order valence-electron chi connectivity index (χ2n) is 16.0. The maximum Gasteiger partial charge on any atom is 0.262 e. The van der Waals surface area contributed by atoms with Crippen molar-refractivity contribution in [2.24, 2.45) is 0 Å². The van der Waals surface area contributed by atoms with Gasteiger partial charge in [-0.25, -0.2) is 14.6 Å². The van der Waals surface area contributed by atoms with Gasteiger partial charge in [-0.3, -0.25) is 34.3 Å². The van der Waals surface area contributed by atoms with Crippen LogP contribution in [0.15, 0.2) is 79.1 Å². The van der Waals surface area contributed by atoms with Gasteiger partial charge in [-0.1, -0.05) is 18.2 Å². The Morgan fingerprint density at radius 1 is 0.710 bits per heavy atom. The third-order valence-electron chi connectivity index (χ3n) is 12.2. The third-order valence-corrected chi connectivity index (χ3v) is 12.2. The Balaban J connectivity index is 0.667. The molecule has 0 bridgehead atoms. The number of piperazine rings is 1. The van der Waals surface area contributed by atoms with E-state index in [2.05, 4.69) is 30.0 Å². The van der Waals surface area contributed by atoms with Crippen molar-refractivity contribution in [3.63, 3.8) is 0 Å². The smallest absolute Gasteiger partial charge is 0.262 e. The first-order valence-electron chi connectivity index (χ1n) is 21.3. The number of likely N-dealkylation sites (tertiary alicyclic amines) is 1. The fourth-order valence-electron chi connectivity index (χ4n) is 8.74. The van der Waals surface area contributed by atoms with E-state index in [9.17, 15) is 19.2 Å². The van der Waals surface area contributed by atoms with Gasteiger partial charge in [0.1, 0.15) is 35.4 Å². The number of imide groups is 2.